The third kappa shape index (κ3) is 2.40. The molecule has 2 aromatic rings. The maximum Gasteiger partial charge on any atom is 0.172 e. The predicted molar refractivity (Wildman–Crippen MR) is 75.7 cm³/mol. The Bertz CT molecular complexity index is 646. The Morgan fingerprint density at radius 3 is 2.25 bits per heavy atom. The molecule has 2 atom stereocenters. The molecule has 0 amide bonds. The minimum absolute atomic E-state index is 0.0645. The average Bonchev–Trinajstić information content (AvgIpc) is 3.19. The molecule has 102 valence electrons. The lowest BCUT2D eigenvalue weighted by Crippen LogP contribution is -2.09. The van der Waals surface area contributed by atoms with Gasteiger partial charge in [0.25, 0.3) is 0 Å². The SMILES string of the molecule is O=C(c1c(F)cccc1F)C1CC1c1ccc(Br)cc1. The van der Waals surface area contributed by atoms with Crippen molar-refractivity contribution in [2.75, 3.05) is 0 Å². The zero-order valence-corrected chi connectivity index (χ0v) is 12.0. The zero-order chi connectivity index (χ0) is 14.3. The Morgan fingerprint density at radius 1 is 1.05 bits per heavy atom. The van der Waals surface area contributed by atoms with Crippen LogP contribution in [0.2, 0.25) is 0 Å². The highest BCUT2D eigenvalue weighted by Crippen LogP contribution is 2.49. The van der Waals surface area contributed by atoms with Gasteiger partial charge in [-0.25, -0.2) is 8.78 Å². The van der Waals surface area contributed by atoms with Crippen LogP contribution in [0.1, 0.15) is 28.3 Å². The number of rotatable bonds is 3. The molecule has 0 saturated heterocycles. The number of hydrogen-bond donors (Lipinski definition) is 0. The molecule has 2 unspecified atom stereocenters. The largest absolute Gasteiger partial charge is 0.294 e. The first-order valence-corrected chi connectivity index (χ1v) is 7.11. The van der Waals surface area contributed by atoms with E-state index in [1.807, 2.05) is 24.3 Å². The van der Waals surface area contributed by atoms with Gasteiger partial charge in [0.15, 0.2) is 5.78 Å². The number of carbonyl (C=O) groups excluding carboxylic acids is 1. The summed E-state index contributed by atoms with van der Waals surface area (Å²) in [6.45, 7) is 0. The van der Waals surface area contributed by atoms with Gasteiger partial charge in [-0.05, 0) is 42.2 Å². The third-order valence-electron chi connectivity index (χ3n) is 3.63. The number of halogens is 3. The molecule has 0 aliphatic heterocycles. The van der Waals surface area contributed by atoms with E-state index in [4.69, 9.17) is 0 Å². The van der Waals surface area contributed by atoms with Gasteiger partial charge in [0.2, 0.25) is 0 Å². The second-order valence-corrected chi connectivity index (χ2v) is 5.88. The molecule has 1 nitrogen and oxygen atoms in total. The van der Waals surface area contributed by atoms with E-state index in [-0.39, 0.29) is 11.8 Å². The van der Waals surface area contributed by atoms with Crippen molar-refractivity contribution in [1.82, 2.24) is 0 Å². The molecule has 4 heteroatoms. The molecule has 20 heavy (non-hydrogen) atoms. The highest BCUT2D eigenvalue weighted by atomic mass is 79.9. The molecule has 0 bridgehead atoms. The molecule has 1 fully saturated rings. The van der Waals surface area contributed by atoms with E-state index >= 15 is 0 Å². The summed E-state index contributed by atoms with van der Waals surface area (Å²) in [5.41, 5.74) is 0.625. The van der Waals surface area contributed by atoms with Crippen LogP contribution in [-0.2, 0) is 0 Å². The number of benzene rings is 2. The number of hydrogen-bond acceptors (Lipinski definition) is 1. The van der Waals surface area contributed by atoms with E-state index in [0.717, 1.165) is 22.2 Å². The van der Waals surface area contributed by atoms with Crippen molar-refractivity contribution in [2.24, 2.45) is 5.92 Å². The molecule has 1 saturated carbocycles. The van der Waals surface area contributed by atoms with Crippen molar-refractivity contribution >= 4 is 21.7 Å². The average molecular weight is 337 g/mol. The van der Waals surface area contributed by atoms with Gasteiger partial charge in [-0.15, -0.1) is 0 Å². The normalized spacial score (nSPS) is 20.8. The van der Waals surface area contributed by atoms with Crippen molar-refractivity contribution in [3.63, 3.8) is 0 Å². The summed E-state index contributed by atoms with van der Waals surface area (Å²) >= 11 is 3.35. The van der Waals surface area contributed by atoms with Crippen LogP contribution in [0.4, 0.5) is 8.78 Å². The van der Waals surface area contributed by atoms with E-state index in [1.54, 1.807) is 0 Å². The smallest absolute Gasteiger partial charge is 0.172 e. The number of ketones is 1. The molecule has 1 aliphatic carbocycles. The zero-order valence-electron chi connectivity index (χ0n) is 10.4. The molecule has 1 aliphatic rings. The first-order chi connectivity index (χ1) is 9.58. The summed E-state index contributed by atoms with van der Waals surface area (Å²) in [5, 5.41) is 0. The minimum Gasteiger partial charge on any atom is -0.294 e. The molecular weight excluding hydrogens is 326 g/mol. The Balaban J connectivity index is 1.82. The lowest BCUT2D eigenvalue weighted by Gasteiger charge is -2.04. The van der Waals surface area contributed by atoms with Gasteiger partial charge in [-0.3, -0.25) is 4.79 Å². The summed E-state index contributed by atoms with van der Waals surface area (Å²) in [7, 11) is 0. The lowest BCUT2D eigenvalue weighted by atomic mass is 10.0. The molecule has 0 aromatic heterocycles. The molecule has 0 heterocycles. The second kappa shape index (κ2) is 5.09. The van der Waals surface area contributed by atoms with Crippen LogP contribution < -0.4 is 0 Å². The molecule has 0 spiro atoms. The van der Waals surface area contributed by atoms with E-state index in [2.05, 4.69) is 15.9 Å². The van der Waals surface area contributed by atoms with Crippen molar-refractivity contribution < 1.29 is 13.6 Å². The van der Waals surface area contributed by atoms with Crippen LogP contribution in [0, 0.1) is 17.6 Å². The molecule has 3 rings (SSSR count). The summed E-state index contributed by atoms with van der Waals surface area (Å²) in [6.07, 6.45) is 0.647. The molecule has 2 aromatic carbocycles. The summed E-state index contributed by atoms with van der Waals surface area (Å²) in [5.74, 6) is -2.25. The maximum absolute atomic E-state index is 13.6. The van der Waals surface area contributed by atoms with E-state index in [1.165, 1.54) is 6.07 Å². The summed E-state index contributed by atoms with van der Waals surface area (Å²) < 4.78 is 28.2. The maximum atomic E-state index is 13.6. The van der Waals surface area contributed by atoms with E-state index < -0.39 is 23.0 Å². The van der Waals surface area contributed by atoms with Gasteiger partial charge >= 0.3 is 0 Å². The number of carbonyl (C=O) groups is 1. The Morgan fingerprint density at radius 2 is 1.65 bits per heavy atom. The fourth-order valence-corrected chi connectivity index (χ4v) is 2.75. The van der Waals surface area contributed by atoms with Crippen LogP contribution in [0.15, 0.2) is 46.9 Å². The fourth-order valence-electron chi connectivity index (χ4n) is 2.48. The fraction of sp³-hybridized carbons (Fsp3) is 0.188. The van der Waals surface area contributed by atoms with Gasteiger partial charge in [0.05, 0.1) is 5.56 Å². The Kier molecular flexibility index (Phi) is 3.42. The molecular formula is C16H11BrF2O. The highest BCUT2D eigenvalue weighted by Gasteiger charge is 2.45. The third-order valence-corrected chi connectivity index (χ3v) is 4.16. The summed E-state index contributed by atoms with van der Waals surface area (Å²) in [6, 6.07) is 11.2. The Labute approximate surface area is 123 Å². The van der Waals surface area contributed by atoms with Crippen molar-refractivity contribution in [2.45, 2.75) is 12.3 Å². The van der Waals surface area contributed by atoms with E-state index in [9.17, 15) is 13.6 Å². The monoisotopic (exact) mass is 336 g/mol. The van der Waals surface area contributed by atoms with E-state index in [0.29, 0.717) is 6.42 Å². The number of Topliss-reactive ketones (excluding diaryl/α,β-unsaturated/α-hetero) is 1. The second-order valence-electron chi connectivity index (χ2n) is 4.96. The molecule has 0 N–H and O–H groups in total. The van der Waals surface area contributed by atoms with Crippen LogP contribution >= 0.6 is 15.9 Å². The van der Waals surface area contributed by atoms with Crippen molar-refractivity contribution in [3.05, 3.63) is 69.7 Å². The van der Waals surface area contributed by atoms with Crippen molar-refractivity contribution in [3.8, 4) is 0 Å². The van der Waals surface area contributed by atoms with Gasteiger partial charge in [0, 0.05) is 10.4 Å². The van der Waals surface area contributed by atoms with Crippen LogP contribution in [0.5, 0.6) is 0 Å². The minimum atomic E-state index is -0.781. The lowest BCUT2D eigenvalue weighted by molar-refractivity contribution is 0.0957. The first-order valence-electron chi connectivity index (χ1n) is 6.31. The van der Waals surface area contributed by atoms with Gasteiger partial charge in [0.1, 0.15) is 11.6 Å². The van der Waals surface area contributed by atoms with Crippen LogP contribution in [-0.4, -0.2) is 5.78 Å². The quantitative estimate of drug-likeness (QED) is 0.741. The van der Waals surface area contributed by atoms with Crippen LogP contribution in [0.3, 0.4) is 0 Å². The molecule has 0 radical (unpaired) electrons. The van der Waals surface area contributed by atoms with Gasteiger partial charge in [-0.2, -0.15) is 0 Å². The van der Waals surface area contributed by atoms with Gasteiger partial charge in [-0.1, -0.05) is 34.1 Å². The van der Waals surface area contributed by atoms with Gasteiger partial charge < -0.3 is 0 Å². The standard InChI is InChI=1S/C16H11BrF2O/c17-10-6-4-9(5-7-10)11-8-12(11)16(20)15-13(18)2-1-3-14(15)19/h1-7,11-12H,8H2. The van der Waals surface area contributed by atoms with Crippen molar-refractivity contribution in [1.29, 1.82) is 0 Å². The summed E-state index contributed by atoms with van der Waals surface area (Å²) in [4.78, 5) is 12.2. The Hall–Kier alpha value is -1.55. The first kappa shape index (κ1) is 13.4. The van der Waals surface area contributed by atoms with Crippen LogP contribution in [0.25, 0.3) is 0 Å². The topological polar surface area (TPSA) is 17.1 Å². The predicted octanol–water partition coefficient (Wildman–Crippen LogP) is 4.71. The highest BCUT2D eigenvalue weighted by molar-refractivity contribution is 9.10.